The van der Waals surface area contributed by atoms with Crippen LogP contribution in [-0.4, -0.2) is 66.2 Å². The molecule has 0 amide bonds. The molecule has 0 unspecified atom stereocenters. The van der Waals surface area contributed by atoms with Crippen LogP contribution in [0.15, 0.2) is 54.6 Å². The van der Waals surface area contributed by atoms with Crippen LogP contribution in [0.25, 0.3) is 0 Å². The summed E-state index contributed by atoms with van der Waals surface area (Å²) >= 11 is 10.5. The van der Waals surface area contributed by atoms with E-state index in [0.717, 1.165) is 5.56 Å². The van der Waals surface area contributed by atoms with Gasteiger partial charge in [0.15, 0.2) is 15.6 Å². The molecule has 2 rings (SSSR count). The predicted octanol–water partition coefficient (Wildman–Crippen LogP) is 2.68. The van der Waals surface area contributed by atoms with Gasteiger partial charge in [0.2, 0.25) is 0 Å². The van der Waals surface area contributed by atoms with Crippen molar-refractivity contribution >= 4 is 50.0 Å². The summed E-state index contributed by atoms with van der Waals surface area (Å²) in [5, 5.41) is 0. The lowest BCUT2D eigenvalue weighted by atomic mass is 10.2. The first-order valence-corrected chi connectivity index (χ1v) is 11.3. The van der Waals surface area contributed by atoms with Crippen LogP contribution < -0.4 is 0 Å². The molecule has 9 heteroatoms. The van der Waals surface area contributed by atoms with Crippen molar-refractivity contribution in [1.82, 2.24) is 9.80 Å². The van der Waals surface area contributed by atoms with E-state index in [9.17, 15) is 17.6 Å². The third-order valence-electron chi connectivity index (χ3n) is 4.00. The molecule has 0 heterocycles. The highest BCUT2D eigenvalue weighted by Crippen LogP contribution is 2.11. The summed E-state index contributed by atoms with van der Waals surface area (Å²) < 4.78 is 38.7. The van der Waals surface area contributed by atoms with Crippen LogP contribution in [0, 0.1) is 5.82 Å². The number of sulfone groups is 1. The number of ketones is 1. The number of thiocarbonyl (C=S) groups is 2. The fraction of sp³-hybridized carbons (Fsp3) is 0.250. The maximum Gasteiger partial charge on any atom is 0.175 e. The highest BCUT2D eigenvalue weighted by molar-refractivity contribution is 7.92. The Hall–Kier alpha value is -2.23. The van der Waals surface area contributed by atoms with Crippen molar-refractivity contribution in [3.63, 3.8) is 0 Å². The number of nitrogens with zero attached hydrogens (tertiary/aromatic N) is 2. The SMILES string of the molecule is CN(CS(=O)(=O)CC(=O)CN(C)C(=S)c1ccccc1F)C(=S)c1ccccc1. The molecule has 0 radical (unpaired) electrons. The number of likely N-dealkylation sites (N-methyl/N-ethyl adjacent to an activating group) is 1. The Labute approximate surface area is 181 Å². The van der Waals surface area contributed by atoms with E-state index in [0.29, 0.717) is 4.99 Å². The van der Waals surface area contributed by atoms with Crippen LogP contribution >= 0.6 is 24.4 Å². The molecule has 0 bridgehead atoms. The third-order valence-corrected chi connectivity index (χ3v) is 6.62. The summed E-state index contributed by atoms with van der Waals surface area (Å²) in [5.74, 6) is -2.07. The molecule has 154 valence electrons. The molecular weight excluding hydrogens is 431 g/mol. The summed E-state index contributed by atoms with van der Waals surface area (Å²) in [7, 11) is -0.642. The number of carbonyl (C=O) groups excluding carboxylic acids is 1. The second-order valence-corrected chi connectivity index (χ2v) is 9.37. The van der Waals surface area contributed by atoms with Gasteiger partial charge in [0.1, 0.15) is 27.4 Å². The summed E-state index contributed by atoms with van der Waals surface area (Å²) in [6.45, 7) is -0.237. The number of benzene rings is 2. The topological polar surface area (TPSA) is 57.7 Å². The Balaban J connectivity index is 1.95. The Bertz CT molecular complexity index is 1010. The van der Waals surface area contributed by atoms with Gasteiger partial charge in [0.05, 0.1) is 6.54 Å². The Kier molecular flexibility index (Phi) is 7.95. The zero-order valence-corrected chi connectivity index (χ0v) is 18.5. The van der Waals surface area contributed by atoms with Crippen molar-refractivity contribution < 1.29 is 17.6 Å². The lowest BCUT2D eigenvalue weighted by Crippen LogP contribution is -2.38. The van der Waals surface area contributed by atoms with E-state index in [1.165, 1.54) is 35.0 Å². The quantitative estimate of drug-likeness (QED) is 0.571. The maximum atomic E-state index is 13.9. The normalized spacial score (nSPS) is 11.0. The minimum absolute atomic E-state index is 0.135. The third kappa shape index (κ3) is 6.66. The molecule has 5 nitrogen and oxygen atoms in total. The van der Waals surface area contributed by atoms with Gasteiger partial charge in [-0.2, -0.15) is 0 Å². The van der Waals surface area contributed by atoms with Gasteiger partial charge in [-0.15, -0.1) is 0 Å². The zero-order chi connectivity index (χ0) is 21.6. The summed E-state index contributed by atoms with van der Waals surface area (Å²) in [5.41, 5.74) is 0.912. The van der Waals surface area contributed by atoms with Crippen molar-refractivity contribution in [2.24, 2.45) is 0 Å². The van der Waals surface area contributed by atoms with E-state index in [2.05, 4.69) is 0 Å². The molecule has 29 heavy (non-hydrogen) atoms. The number of hydrogen-bond acceptors (Lipinski definition) is 5. The van der Waals surface area contributed by atoms with Crippen molar-refractivity contribution in [1.29, 1.82) is 0 Å². The number of Topliss-reactive ketones (excluding diaryl/α,β-unsaturated/α-hetero) is 1. The fourth-order valence-corrected chi connectivity index (χ4v) is 4.57. The second-order valence-electron chi connectivity index (χ2n) is 6.57. The lowest BCUT2D eigenvalue weighted by molar-refractivity contribution is -0.116. The minimum Gasteiger partial charge on any atom is -0.358 e. The molecule has 0 aromatic heterocycles. The van der Waals surface area contributed by atoms with Crippen LogP contribution in [-0.2, 0) is 14.6 Å². The molecule has 0 aliphatic rings. The van der Waals surface area contributed by atoms with Crippen LogP contribution in [0.4, 0.5) is 4.39 Å². The second kappa shape index (κ2) is 10.00. The van der Waals surface area contributed by atoms with Crippen molar-refractivity contribution in [2.75, 3.05) is 32.3 Å². The monoisotopic (exact) mass is 452 g/mol. The molecule has 0 aliphatic carbocycles. The Morgan fingerprint density at radius 1 is 0.931 bits per heavy atom. The van der Waals surface area contributed by atoms with Gasteiger partial charge in [-0.25, -0.2) is 12.8 Å². The van der Waals surface area contributed by atoms with Gasteiger partial charge in [-0.05, 0) is 12.1 Å². The first-order valence-electron chi connectivity index (χ1n) is 8.63. The van der Waals surface area contributed by atoms with Crippen molar-refractivity contribution in [2.45, 2.75) is 0 Å². The fourth-order valence-electron chi connectivity index (χ4n) is 2.67. The molecule has 0 saturated heterocycles. The molecule has 0 N–H and O–H groups in total. The zero-order valence-electron chi connectivity index (χ0n) is 16.0. The van der Waals surface area contributed by atoms with E-state index in [4.69, 9.17) is 24.4 Å². The van der Waals surface area contributed by atoms with E-state index in [1.807, 2.05) is 18.2 Å². The van der Waals surface area contributed by atoms with Crippen molar-refractivity contribution in [3.05, 3.63) is 71.5 Å². The number of rotatable bonds is 8. The largest absolute Gasteiger partial charge is 0.358 e. The number of hydrogen-bond donors (Lipinski definition) is 0. The van der Waals surface area contributed by atoms with Crippen LogP contribution in [0.2, 0.25) is 0 Å². The highest BCUT2D eigenvalue weighted by atomic mass is 32.2. The van der Waals surface area contributed by atoms with Gasteiger partial charge >= 0.3 is 0 Å². The average molecular weight is 453 g/mol. The molecule has 0 spiro atoms. The Morgan fingerprint density at radius 2 is 1.52 bits per heavy atom. The van der Waals surface area contributed by atoms with Gasteiger partial charge in [-0.3, -0.25) is 4.79 Å². The van der Waals surface area contributed by atoms with Crippen LogP contribution in [0.5, 0.6) is 0 Å². The van der Waals surface area contributed by atoms with E-state index < -0.39 is 27.2 Å². The summed E-state index contributed by atoms with van der Waals surface area (Å²) in [4.78, 5) is 15.6. The summed E-state index contributed by atoms with van der Waals surface area (Å²) in [6, 6.07) is 15.0. The van der Waals surface area contributed by atoms with Gasteiger partial charge in [0, 0.05) is 25.2 Å². The maximum absolute atomic E-state index is 13.9. The number of carbonyl (C=O) groups is 1. The molecule has 0 aliphatic heterocycles. The van der Waals surface area contributed by atoms with E-state index in [-0.39, 0.29) is 23.0 Å². The Morgan fingerprint density at radius 3 is 2.14 bits per heavy atom. The first-order chi connectivity index (χ1) is 13.6. The van der Waals surface area contributed by atoms with Gasteiger partial charge in [0.25, 0.3) is 0 Å². The molecule has 0 fully saturated rings. The van der Waals surface area contributed by atoms with Crippen molar-refractivity contribution in [3.8, 4) is 0 Å². The predicted molar refractivity (Wildman–Crippen MR) is 120 cm³/mol. The van der Waals surface area contributed by atoms with Crippen LogP contribution in [0.1, 0.15) is 11.1 Å². The smallest absolute Gasteiger partial charge is 0.175 e. The van der Waals surface area contributed by atoms with E-state index in [1.54, 1.807) is 25.2 Å². The lowest BCUT2D eigenvalue weighted by Gasteiger charge is -2.21. The van der Waals surface area contributed by atoms with Crippen LogP contribution in [0.3, 0.4) is 0 Å². The highest BCUT2D eigenvalue weighted by Gasteiger charge is 2.22. The van der Waals surface area contributed by atoms with Gasteiger partial charge in [-0.1, -0.05) is 66.9 Å². The standard InChI is InChI=1S/C20H21FN2O3S3/c1-22(20(28)17-10-6-7-11-18(17)21)12-16(24)13-29(25,26)14-23(2)19(27)15-8-4-3-5-9-15/h3-11H,12-14H2,1-2H3. The van der Waals surface area contributed by atoms with E-state index >= 15 is 0 Å². The molecule has 2 aromatic carbocycles. The molecule has 2 aromatic rings. The average Bonchev–Trinajstić information content (AvgIpc) is 2.66. The molecule has 0 atom stereocenters. The minimum atomic E-state index is -3.73. The first kappa shape index (κ1) is 23.1. The number of halogens is 1. The molecular formula is C20H21FN2O3S3. The summed E-state index contributed by atoms with van der Waals surface area (Å²) in [6.07, 6.45) is 0. The molecule has 0 saturated carbocycles. The van der Waals surface area contributed by atoms with Gasteiger partial charge < -0.3 is 9.80 Å².